The van der Waals surface area contributed by atoms with Crippen molar-refractivity contribution >= 4 is 11.6 Å². The fourth-order valence-electron chi connectivity index (χ4n) is 5.42. The predicted molar refractivity (Wildman–Crippen MR) is 148 cm³/mol. The Balaban J connectivity index is 1.43. The molecule has 1 aliphatic heterocycles. The summed E-state index contributed by atoms with van der Waals surface area (Å²) in [5, 5.41) is 0. The number of nitrogens with two attached hydrogens (primary N) is 1. The Hall–Kier alpha value is -3.66. The molecule has 1 atom stereocenters. The van der Waals surface area contributed by atoms with Crippen LogP contribution in [0.2, 0.25) is 0 Å². The number of pyridine rings is 2. The third-order valence-electron chi connectivity index (χ3n) is 7.84. The molecular weight excluding hydrogens is 519 g/mol. The van der Waals surface area contributed by atoms with Gasteiger partial charge in [-0.15, -0.1) is 0 Å². The number of rotatable bonds is 10. The summed E-state index contributed by atoms with van der Waals surface area (Å²) in [4.78, 5) is 25.1. The van der Waals surface area contributed by atoms with Crippen molar-refractivity contribution in [2.24, 2.45) is 5.73 Å². The number of hydrogen-bond donors (Lipinski definition) is 1. The highest BCUT2D eigenvalue weighted by Gasteiger charge is 2.36. The summed E-state index contributed by atoms with van der Waals surface area (Å²) in [6.45, 7) is 6.60. The SMILES string of the molecule is COc1ccc(N(Cc2cnccc2C)C2CCN([C@H](C)CCc3nccc(C(F)(F)F)c3C(N)=O)CC2)cc1. The third kappa shape index (κ3) is 6.91. The molecule has 1 aliphatic rings. The lowest BCUT2D eigenvalue weighted by Crippen LogP contribution is -2.47. The minimum absolute atomic E-state index is 0.0987. The van der Waals surface area contributed by atoms with Crippen LogP contribution < -0.4 is 15.4 Å². The second kappa shape index (κ2) is 12.7. The smallest absolute Gasteiger partial charge is 0.417 e. The highest BCUT2D eigenvalue weighted by molar-refractivity contribution is 5.95. The number of carbonyl (C=O) groups excluding carboxylic acids is 1. The summed E-state index contributed by atoms with van der Waals surface area (Å²) in [7, 11) is 1.65. The third-order valence-corrected chi connectivity index (χ3v) is 7.84. The second-order valence-corrected chi connectivity index (χ2v) is 10.3. The van der Waals surface area contributed by atoms with Gasteiger partial charge in [0.25, 0.3) is 5.91 Å². The first-order valence-corrected chi connectivity index (χ1v) is 13.5. The number of nitrogens with zero attached hydrogens (tertiary/aromatic N) is 4. The van der Waals surface area contributed by atoms with Gasteiger partial charge in [0.1, 0.15) is 5.75 Å². The van der Waals surface area contributed by atoms with Gasteiger partial charge in [0.2, 0.25) is 0 Å². The van der Waals surface area contributed by atoms with E-state index in [-0.39, 0.29) is 18.2 Å². The van der Waals surface area contributed by atoms with Gasteiger partial charge in [-0.25, -0.2) is 0 Å². The van der Waals surface area contributed by atoms with Crippen LogP contribution >= 0.6 is 0 Å². The van der Waals surface area contributed by atoms with Crippen molar-refractivity contribution in [3.63, 3.8) is 0 Å². The van der Waals surface area contributed by atoms with Crippen molar-refractivity contribution in [1.82, 2.24) is 14.9 Å². The molecule has 2 aromatic heterocycles. The van der Waals surface area contributed by atoms with Gasteiger partial charge in [0.15, 0.2) is 0 Å². The molecule has 3 aromatic rings. The van der Waals surface area contributed by atoms with Crippen LogP contribution in [0.15, 0.2) is 55.0 Å². The van der Waals surface area contributed by atoms with Crippen molar-refractivity contribution in [1.29, 1.82) is 0 Å². The Labute approximate surface area is 233 Å². The number of halogens is 3. The summed E-state index contributed by atoms with van der Waals surface area (Å²) in [6, 6.07) is 11.3. The van der Waals surface area contributed by atoms with Crippen LogP contribution in [0.4, 0.5) is 18.9 Å². The Morgan fingerprint density at radius 1 is 1.15 bits per heavy atom. The number of aromatic nitrogens is 2. The first-order chi connectivity index (χ1) is 19.1. The van der Waals surface area contributed by atoms with Gasteiger partial charge in [-0.05, 0) is 87.1 Å². The van der Waals surface area contributed by atoms with Crippen LogP contribution in [0.5, 0.6) is 5.75 Å². The topological polar surface area (TPSA) is 84.6 Å². The first kappa shape index (κ1) is 29.3. The zero-order valence-electron chi connectivity index (χ0n) is 23.1. The molecule has 7 nitrogen and oxygen atoms in total. The largest absolute Gasteiger partial charge is 0.497 e. The zero-order valence-corrected chi connectivity index (χ0v) is 23.1. The molecule has 10 heteroatoms. The van der Waals surface area contributed by atoms with Gasteiger partial charge >= 0.3 is 6.18 Å². The molecule has 1 fully saturated rings. The molecule has 0 radical (unpaired) electrons. The van der Waals surface area contributed by atoms with Gasteiger partial charge in [0, 0.05) is 56.0 Å². The van der Waals surface area contributed by atoms with Crippen LogP contribution in [0, 0.1) is 6.92 Å². The van der Waals surface area contributed by atoms with E-state index >= 15 is 0 Å². The number of benzene rings is 1. The number of hydrogen-bond acceptors (Lipinski definition) is 6. The van der Waals surface area contributed by atoms with Gasteiger partial charge in [-0.2, -0.15) is 13.2 Å². The maximum Gasteiger partial charge on any atom is 0.417 e. The average molecular weight is 556 g/mol. The summed E-state index contributed by atoms with van der Waals surface area (Å²) in [5.74, 6) is -0.300. The second-order valence-electron chi connectivity index (χ2n) is 10.3. The van der Waals surface area contributed by atoms with Crippen LogP contribution in [0.1, 0.15) is 58.9 Å². The summed E-state index contributed by atoms with van der Waals surface area (Å²) in [5.41, 5.74) is 7.36. The Morgan fingerprint density at radius 3 is 2.45 bits per heavy atom. The van der Waals surface area contributed by atoms with Gasteiger partial charge < -0.3 is 20.3 Å². The van der Waals surface area contributed by atoms with Gasteiger partial charge in [0.05, 0.1) is 23.9 Å². The lowest BCUT2D eigenvalue weighted by atomic mass is 9.97. The van der Waals surface area contributed by atoms with E-state index < -0.39 is 23.2 Å². The normalized spacial score (nSPS) is 15.6. The molecule has 1 amide bonds. The van der Waals surface area contributed by atoms with E-state index in [1.54, 1.807) is 13.3 Å². The van der Waals surface area contributed by atoms with Crippen LogP contribution in [0.25, 0.3) is 0 Å². The van der Waals surface area contributed by atoms with E-state index in [2.05, 4.69) is 45.7 Å². The van der Waals surface area contributed by atoms with Crippen LogP contribution in [-0.2, 0) is 19.1 Å². The van der Waals surface area contributed by atoms with Crippen LogP contribution in [-0.4, -0.2) is 53.1 Å². The predicted octanol–water partition coefficient (Wildman–Crippen LogP) is 5.40. The number of primary amides is 1. The zero-order chi connectivity index (χ0) is 28.9. The number of anilines is 1. The highest BCUT2D eigenvalue weighted by Crippen LogP contribution is 2.33. The van der Waals surface area contributed by atoms with E-state index in [0.717, 1.165) is 56.2 Å². The molecule has 0 unspecified atom stereocenters. The minimum atomic E-state index is -4.67. The molecule has 0 bridgehead atoms. The standard InChI is InChI=1S/C30H36F3N5O2/c1-20-10-14-35-18-22(20)19-38(23-5-7-25(40-3)8-6-23)24-12-16-37(17-13-24)21(2)4-9-27-28(29(34)39)26(11-15-36-27)30(31,32)33/h5-8,10-11,14-15,18,21,24H,4,9,12-13,16-17,19H2,1-3H3,(H2,34,39)/t21-/m1/s1. The Morgan fingerprint density at radius 2 is 1.85 bits per heavy atom. The summed E-state index contributed by atoms with van der Waals surface area (Å²) < 4.78 is 45.7. The minimum Gasteiger partial charge on any atom is -0.497 e. The van der Waals surface area contributed by atoms with E-state index in [9.17, 15) is 18.0 Å². The van der Waals surface area contributed by atoms with Crippen molar-refractivity contribution in [3.8, 4) is 5.75 Å². The molecule has 1 aromatic carbocycles. The number of methoxy groups -OCH3 is 1. The molecule has 40 heavy (non-hydrogen) atoms. The summed E-state index contributed by atoms with van der Waals surface area (Å²) >= 11 is 0. The van der Waals surface area contributed by atoms with E-state index in [1.165, 1.54) is 11.1 Å². The maximum absolute atomic E-state index is 13.4. The number of carbonyl (C=O) groups is 1. The van der Waals surface area contributed by atoms with Crippen molar-refractivity contribution in [3.05, 3.63) is 82.9 Å². The lowest BCUT2D eigenvalue weighted by Gasteiger charge is -2.42. The summed E-state index contributed by atoms with van der Waals surface area (Å²) in [6.07, 6.45) is 2.83. The molecular formula is C30H36F3N5O2. The molecule has 0 spiro atoms. The lowest BCUT2D eigenvalue weighted by molar-refractivity contribution is -0.138. The van der Waals surface area contributed by atoms with Crippen molar-refractivity contribution < 1.29 is 22.7 Å². The van der Waals surface area contributed by atoms with Gasteiger partial charge in [-0.1, -0.05) is 0 Å². The van der Waals surface area contributed by atoms with E-state index in [4.69, 9.17) is 10.5 Å². The molecule has 1 saturated heterocycles. The molecule has 214 valence electrons. The molecule has 2 N–H and O–H groups in total. The Kier molecular flexibility index (Phi) is 9.29. The van der Waals surface area contributed by atoms with Crippen LogP contribution in [0.3, 0.4) is 0 Å². The molecule has 0 aliphatic carbocycles. The number of alkyl halides is 3. The van der Waals surface area contributed by atoms with E-state index in [0.29, 0.717) is 12.5 Å². The molecule has 3 heterocycles. The number of likely N-dealkylation sites (tertiary alicyclic amines) is 1. The highest BCUT2D eigenvalue weighted by atomic mass is 19.4. The number of aryl methyl sites for hydroxylation is 2. The van der Waals surface area contributed by atoms with Crippen molar-refractivity contribution in [2.75, 3.05) is 25.1 Å². The fourth-order valence-corrected chi connectivity index (χ4v) is 5.42. The quantitative estimate of drug-likeness (QED) is 0.361. The first-order valence-electron chi connectivity index (χ1n) is 13.5. The Bertz CT molecular complexity index is 1290. The number of ether oxygens (including phenoxy) is 1. The van der Waals surface area contributed by atoms with E-state index in [1.807, 2.05) is 24.4 Å². The molecule has 0 saturated carbocycles. The van der Waals surface area contributed by atoms with Gasteiger partial charge in [-0.3, -0.25) is 14.8 Å². The van der Waals surface area contributed by atoms with Crippen molar-refractivity contribution in [2.45, 2.75) is 64.3 Å². The number of amides is 1. The fraction of sp³-hybridized carbons (Fsp3) is 0.433. The number of piperidine rings is 1. The maximum atomic E-state index is 13.4. The molecule has 4 rings (SSSR count). The average Bonchev–Trinajstić information content (AvgIpc) is 2.95. The monoisotopic (exact) mass is 555 g/mol.